The fraction of sp³-hybridized carbons (Fsp3) is 0.0870. The molecule has 3 rings (SSSR count). The van der Waals surface area contributed by atoms with Crippen molar-refractivity contribution in [3.05, 3.63) is 99.0 Å². The molecule has 0 aliphatic carbocycles. The molecule has 0 aliphatic rings. The Kier molecular flexibility index (Phi) is 6.57. The number of nitrogens with one attached hydrogen (secondary N) is 1. The van der Waals surface area contributed by atoms with Crippen LogP contribution in [0.25, 0.3) is 0 Å². The number of hydrazone groups is 1. The molecule has 0 unspecified atom stereocenters. The van der Waals surface area contributed by atoms with E-state index in [0.29, 0.717) is 22.4 Å². The predicted octanol–water partition coefficient (Wildman–Crippen LogP) is 5.05. The first-order valence-corrected chi connectivity index (χ1v) is 9.70. The molecule has 0 bridgehead atoms. The van der Waals surface area contributed by atoms with Crippen LogP contribution in [-0.2, 0) is 0 Å². The third kappa shape index (κ3) is 5.62. The first kappa shape index (κ1) is 20.5. The molecule has 1 N–H and O–H groups in total. The van der Waals surface area contributed by atoms with E-state index in [0.717, 1.165) is 15.6 Å². The van der Waals surface area contributed by atoms with Gasteiger partial charge in [-0.2, -0.15) is 5.10 Å². The van der Waals surface area contributed by atoms with Crippen LogP contribution in [0.15, 0.2) is 76.3 Å². The number of aryl methyl sites for hydroxylation is 2. The summed E-state index contributed by atoms with van der Waals surface area (Å²) in [6.45, 7) is 3.90. The highest BCUT2D eigenvalue weighted by Gasteiger charge is 2.12. The van der Waals surface area contributed by atoms with Crippen molar-refractivity contribution in [1.29, 1.82) is 0 Å². The van der Waals surface area contributed by atoms with E-state index in [1.165, 1.54) is 6.21 Å². The quantitative estimate of drug-likeness (QED) is 0.256. The topological polar surface area (TPSA) is 67.8 Å². The average molecular weight is 451 g/mol. The lowest BCUT2D eigenvalue weighted by molar-refractivity contribution is 0.0734. The lowest BCUT2D eigenvalue weighted by atomic mass is 10.1. The Morgan fingerprint density at radius 1 is 0.897 bits per heavy atom. The molecule has 0 atom stereocenters. The molecule has 3 aromatic rings. The summed E-state index contributed by atoms with van der Waals surface area (Å²) < 4.78 is 6.31. The van der Waals surface area contributed by atoms with Crippen molar-refractivity contribution in [2.75, 3.05) is 0 Å². The summed E-state index contributed by atoms with van der Waals surface area (Å²) in [5, 5.41) is 4.00. The monoisotopic (exact) mass is 450 g/mol. The summed E-state index contributed by atoms with van der Waals surface area (Å²) in [7, 11) is 0. The molecule has 0 heterocycles. The Bertz CT molecular complexity index is 1060. The normalized spacial score (nSPS) is 10.7. The fourth-order valence-electron chi connectivity index (χ4n) is 2.49. The minimum atomic E-state index is -0.467. The smallest absolute Gasteiger partial charge is 0.343 e. The molecule has 0 spiro atoms. The fourth-order valence-corrected chi connectivity index (χ4v) is 2.87. The van der Waals surface area contributed by atoms with Crippen LogP contribution in [0, 0.1) is 13.8 Å². The van der Waals surface area contributed by atoms with E-state index in [1.807, 2.05) is 38.1 Å². The van der Waals surface area contributed by atoms with Crippen LogP contribution >= 0.6 is 15.9 Å². The maximum atomic E-state index is 12.4. The van der Waals surface area contributed by atoms with Gasteiger partial charge in [-0.25, -0.2) is 10.2 Å². The summed E-state index contributed by atoms with van der Waals surface area (Å²) in [6, 6.07) is 19.5. The van der Waals surface area contributed by atoms with Gasteiger partial charge in [0.05, 0.1) is 11.8 Å². The number of hydrogen-bond acceptors (Lipinski definition) is 4. The van der Waals surface area contributed by atoms with Gasteiger partial charge in [-0.05, 0) is 56.3 Å². The van der Waals surface area contributed by atoms with Crippen LogP contribution in [0.2, 0.25) is 0 Å². The Morgan fingerprint density at radius 3 is 2.10 bits per heavy atom. The van der Waals surface area contributed by atoms with E-state index in [2.05, 4.69) is 26.5 Å². The zero-order chi connectivity index (χ0) is 20.8. The molecule has 0 radical (unpaired) electrons. The van der Waals surface area contributed by atoms with Crippen LogP contribution in [0.1, 0.15) is 37.4 Å². The first-order valence-electron chi connectivity index (χ1n) is 8.91. The number of esters is 1. The van der Waals surface area contributed by atoms with E-state index < -0.39 is 5.97 Å². The third-order valence-corrected chi connectivity index (χ3v) is 4.64. The zero-order valence-electron chi connectivity index (χ0n) is 16.0. The SMILES string of the molecule is Cc1ccc(C(=O)NN=Cc2cc(Br)ccc2OC(=O)c2ccc(C)cc2)cc1. The Morgan fingerprint density at radius 2 is 1.48 bits per heavy atom. The maximum Gasteiger partial charge on any atom is 0.343 e. The highest BCUT2D eigenvalue weighted by Crippen LogP contribution is 2.23. The molecule has 0 fully saturated rings. The van der Waals surface area contributed by atoms with Gasteiger partial charge in [-0.1, -0.05) is 51.3 Å². The lowest BCUT2D eigenvalue weighted by Gasteiger charge is -2.08. The minimum Gasteiger partial charge on any atom is -0.422 e. The second-order valence-electron chi connectivity index (χ2n) is 6.50. The maximum absolute atomic E-state index is 12.4. The molecular weight excluding hydrogens is 432 g/mol. The molecule has 0 saturated heterocycles. The number of nitrogens with zero attached hydrogens (tertiary/aromatic N) is 1. The lowest BCUT2D eigenvalue weighted by Crippen LogP contribution is -2.17. The van der Waals surface area contributed by atoms with Gasteiger partial charge in [0.25, 0.3) is 5.91 Å². The number of halogens is 1. The molecular formula is C23H19BrN2O3. The van der Waals surface area contributed by atoms with Gasteiger partial charge in [0.1, 0.15) is 5.75 Å². The summed E-state index contributed by atoms with van der Waals surface area (Å²) >= 11 is 3.39. The number of amides is 1. The zero-order valence-corrected chi connectivity index (χ0v) is 17.6. The molecule has 0 saturated carbocycles. The second-order valence-corrected chi connectivity index (χ2v) is 7.42. The van der Waals surface area contributed by atoms with E-state index in [9.17, 15) is 9.59 Å². The van der Waals surface area contributed by atoms with Gasteiger partial charge in [-0.15, -0.1) is 0 Å². The van der Waals surface area contributed by atoms with E-state index in [1.54, 1.807) is 42.5 Å². The molecule has 0 aliphatic heterocycles. The van der Waals surface area contributed by atoms with Crippen molar-refractivity contribution in [1.82, 2.24) is 5.43 Å². The Labute approximate surface area is 177 Å². The highest BCUT2D eigenvalue weighted by atomic mass is 79.9. The number of benzene rings is 3. The van der Waals surface area contributed by atoms with Crippen molar-refractivity contribution >= 4 is 34.0 Å². The van der Waals surface area contributed by atoms with Crippen molar-refractivity contribution in [3.8, 4) is 5.75 Å². The second kappa shape index (κ2) is 9.30. The van der Waals surface area contributed by atoms with Gasteiger partial charge in [-0.3, -0.25) is 4.79 Å². The van der Waals surface area contributed by atoms with Gasteiger partial charge < -0.3 is 4.74 Å². The van der Waals surface area contributed by atoms with Crippen molar-refractivity contribution in [3.63, 3.8) is 0 Å². The summed E-state index contributed by atoms with van der Waals surface area (Å²) in [6.07, 6.45) is 1.44. The molecule has 6 heteroatoms. The van der Waals surface area contributed by atoms with Crippen LogP contribution < -0.4 is 10.2 Å². The van der Waals surface area contributed by atoms with Gasteiger partial charge in [0.15, 0.2) is 0 Å². The number of rotatable bonds is 5. The minimum absolute atomic E-state index is 0.325. The molecule has 146 valence electrons. The van der Waals surface area contributed by atoms with Crippen LogP contribution in [0.3, 0.4) is 0 Å². The highest BCUT2D eigenvalue weighted by molar-refractivity contribution is 9.10. The van der Waals surface area contributed by atoms with Gasteiger partial charge >= 0.3 is 5.97 Å². The summed E-state index contributed by atoms with van der Waals surface area (Å²) in [5.41, 5.74) is 6.11. The molecule has 3 aromatic carbocycles. The standard InChI is InChI=1S/C23H19BrN2O3/c1-15-3-7-17(8-4-15)22(27)26-25-14-19-13-20(24)11-12-21(19)29-23(28)18-9-5-16(2)6-10-18/h3-14H,1-2H3,(H,26,27). The van der Waals surface area contributed by atoms with Crippen LogP contribution in [-0.4, -0.2) is 18.1 Å². The van der Waals surface area contributed by atoms with Crippen LogP contribution in [0.4, 0.5) is 0 Å². The third-order valence-electron chi connectivity index (χ3n) is 4.15. The van der Waals surface area contributed by atoms with E-state index >= 15 is 0 Å². The molecule has 5 nitrogen and oxygen atoms in total. The number of carbonyl (C=O) groups is 2. The van der Waals surface area contributed by atoms with E-state index in [-0.39, 0.29) is 5.91 Å². The van der Waals surface area contributed by atoms with E-state index in [4.69, 9.17) is 4.74 Å². The number of carbonyl (C=O) groups excluding carboxylic acids is 2. The predicted molar refractivity (Wildman–Crippen MR) is 117 cm³/mol. The van der Waals surface area contributed by atoms with Crippen molar-refractivity contribution < 1.29 is 14.3 Å². The van der Waals surface area contributed by atoms with Crippen LogP contribution in [0.5, 0.6) is 5.75 Å². The molecule has 29 heavy (non-hydrogen) atoms. The number of hydrogen-bond donors (Lipinski definition) is 1. The van der Waals surface area contributed by atoms with Gasteiger partial charge in [0.2, 0.25) is 0 Å². The van der Waals surface area contributed by atoms with Crippen molar-refractivity contribution in [2.24, 2.45) is 5.10 Å². The Balaban J connectivity index is 1.73. The number of ether oxygens (including phenoxy) is 1. The largest absolute Gasteiger partial charge is 0.422 e. The Hall–Kier alpha value is -3.25. The summed E-state index contributed by atoms with van der Waals surface area (Å²) in [5.74, 6) is -0.452. The molecule has 0 aromatic heterocycles. The van der Waals surface area contributed by atoms with Gasteiger partial charge in [0, 0.05) is 15.6 Å². The summed E-state index contributed by atoms with van der Waals surface area (Å²) in [4.78, 5) is 24.6. The first-order chi connectivity index (χ1) is 13.9. The molecule has 1 amide bonds. The van der Waals surface area contributed by atoms with Crippen molar-refractivity contribution in [2.45, 2.75) is 13.8 Å². The average Bonchev–Trinajstić information content (AvgIpc) is 2.70.